The Morgan fingerprint density at radius 2 is 1.64 bits per heavy atom. The second-order valence-corrected chi connectivity index (χ2v) is 5.76. The van der Waals surface area contributed by atoms with Gasteiger partial charge in [0, 0.05) is 25.0 Å². The van der Waals surface area contributed by atoms with E-state index < -0.39 is 17.9 Å². The summed E-state index contributed by atoms with van der Waals surface area (Å²) in [5.41, 5.74) is 0.991. The summed E-state index contributed by atoms with van der Waals surface area (Å²) in [5.74, 6) is -1.10. The fourth-order valence-corrected chi connectivity index (χ4v) is 1.96. The molecule has 8 heteroatoms. The van der Waals surface area contributed by atoms with Gasteiger partial charge in [-0.25, -0.2) is 4.79 Å². The molecular formula is C14H18N3O5+. The fourth-order valence-electron chi connectivity index (χ4n) is 1.96. The highest BCUT2D eigenvalue weighted by Crippen LogP contribution is 2.22. The number of imide groups is 1. The number of hydrazine groups is 1. The quantitative estimate of drug-likeness (QED) is 0.391. The summed E-state index contributed by atoms with van der Waals surface area (Å²) in [6.07, 6.45) is -1.30. The Morgan fingerprint density at radius 1 is 1.14 bits per heavy atom. The SMILES string of the molecule is C[N+](C)(C)c1ccc(OC(=O)N(O)N2C(=O)CCC2=O)cc1. The molecule has 1 aliphatic heterocycles. The minimum Gasteiger partial charge on any atom is -0.407 e. The lowest BCUT2D eigenvalue weighted by molar-refractivity contribution is -0.207. The number of carbonyl (C=O) groups excluding carboxylic acids is 3. The summed E-state index contributed by atoms with van der Waals surface area (Å²) in [4.78, 5) is 34.6. The molecule has 1 fully saturated rings. The van der Waals surface area contributed by atoms with E-state index in [1.165, 1.54) is 0 Å². The van der Waals surface area contributed by atoms with Gasteiger partial charge in [0.1, 0.15) is 11.4 Å². The number of nitrogens with zero attached hydrogens (tertiary/aromatic N) is 3. The Morgan fingerprint density at radius 3 is 2.09 bits per heavy atom. The molecule has 118 valence electrons. The van der Waals surface area contributed by atoms with Crippen LogP contribution in [0.3, 0.4) is 0 Å². The van der Waals surface area contributed by atoms with E-state index >= 15 is 0 Å². The molecule has 0 atom stereocenters. The summed E-state index contributed by atoms with van der Waals surface area (Å²) in [6, 6.07) is 6.68. The largest absolute Gasteiger partial charge is 0.460 e. The molecule has 0 aromatic heterocycles. The van der Waals surface area contributed by atoms with Crippen molar-refractivity contribution >= 4 is 23.6 Å². The van der Waals surface area contributed by atoms with Crippen molar-refractivity contribution in [1.82, 2.24) is 14.7 Å². The van der Waals surface area contributed by atoms with Crippen LogP contribution in [0.5, 0.6) is 5.75 Å². The van der Waals surface area contributed by atoms with E-state index in [4.69, 9.17) is 4.74 Å². The molecule has 1 saturated heterocycles. The number of hydrogen-bond donors (Lipinski definition) is 1. The number of carbonyl (C=O) groups is 3. The summed E-state index contributed by atoms with van der Waals surface area (Å²) >= 11 is 0. The molecule has 1 N–H and O–H groups in total. The lowest BCUT2D eigenvalue weighted by atomic mass is 10.2. The first-order chi connectivity index (χ1) is 10.2. The second kappa shape index (κ2) is 5.74. The van der Waals surface area contributed by atoms with Crippen LogP contribution in [0, 0.1) is 0 Å². The molecule has 1 heterocycles. The number of hydrogen-bond acceptors (Lipinski definition) is 5. The molecule has 1 aromatic carbocycles. The van der Waals surface area contributed by atoms with Crippen molar-refractivity contribution in [3.05, 3.63) is 24.3 Å². The molecule has 0 saturated carbocycles. The number of benzene rings is 1. The van der Waals surface area contributed by atoms with E-state index in [1.54, 1.807) is 24.3 Å². The maximum atomic E-state index is 11.8. The van der Waals surface area contributed by atoms with Gasteiger partial charge in [-0.2, -0.15) is 5.01 Å². The van der Waals surface area contributed by atoms with Gasteiger partial charge in [0.05, 0.1) is 21.1 Å². The van der Waals surface area contributed by atoms with Crippen LogP contribution < -0.4 is 9.22 Å². The van der Waals surface area contributed by atoms with Crippen molar-refractivity contribution in [1.29, 1.82) is 0 Å². The highest BCUT2D eigenvalue weighted by Gasteiger charge is 2.37. The first kappa shape index (κ1) is 15.9. The van der Waals surface area contributed by atoms with Gasteiger partial charge in [0.2, 0.25) is 0 Å². The zero-order valence-electron chi connectivity index (χ0n) is 12.6. The van der Waals surface area contributed by atoms with Crippen LogP contribution in [0.25, 0.3) is 0 Å². The number of hydroxylamine groups is 1. The van der Waals surface area contributed by atoms with E-state index in [0.29, 0.717) is 9.49 Å². The Labute approximate surface area is 127 Å². The predicted octanol–water partition coefficient (Wildman–Crippen LogP) is 1.14. The van der Waals surface area contributed by atoms with E-state index in [-0.39, 0.29) is 23.8 Å². The monoisotopic (exact) mass is 308 g/mol. The Hall–Kier alpha value is -2.45. The molecular weight excluding hydrogens is 290 g/mol. The fraction of sp³-hybridized carbons (Fsp3) is 0.357. The van der Waals surface area contributed by atoms with Gasteiger partial charge in [-0.05, 0) is 12.1 Å². The molecule has 0 spiro atoms. The minimum absolute atomic E-state index is 0.0403. The standard InChI is InChI=1S/C14H18N3O5/c1-17(2,3)10-4-6-11(7-5-10)22-14(20)16(21)15-12(18)8-9-13(15)19/h4-7,21H,8-9H2,1-3H3/q+1. The molecule has 2 rings (SSSR count). The van der Waals surface area contributed by atoms with E-state index in [0.717, 1.165) is 5.69 Å². The summed E-state index contributed by atoms with van der Waals surface area (Å²) in [7, 11) is 5.96. The molecule has 8 nitrogen and oxygen atoms in total. The first-order valence-corrected chi connectivity index (χ1v) is 6.69. The summed E-state index contributed by atoms with van der Waals surface area (Å²) in [6.45, 7) is 0. The Bertz CT molecular complexity index is 590. The topological polar surface area (TPSA) is 87.2 Å². The van der Waals surface area contributed by atoms with Crippen molar-refractivity contribution in [3.63, 3.8) is 0 Å². The van der Waals surface area contributed by atoms with Crippen molar-refractivity contribution in [2.45, 2.75) is 12.8 Å². The number of quaternary nitrogens is 1. The normalized spacial score (nSPS) is 15.2. The van der Waals surface area contributed by atoms with Crippen molar-refractivity contribution in [2.75, 3.05) is 21.1 Å². The van der Waals surface area contributed by atoms with E-state index in [1.807, 2.05) is 21.1 Å². The van der Waals surface area contributed by atoms with Gasteiger partial charge < -0.3 is 4.74 Å². The molecule has 0 bridgehead atoms. The van der Waals surface area contributed by atoms with Crippen LogP contribution in [-0.2, 0) is 9.59 Å². The predicted molar refractivity (Wildman–Crippen MR) is 76.7 cm³/mol. The third kappa shape index (κ3) is 3.23. The third-order valence-electron chi connectivity index (χ3n) is 3.19. The van der Waals surface area contributed by atoms with Crippen LogP contribution in [0.4, 0.5) is 10.5 Å². The summed E-state index contributed by atoms with van der Waals surface area (Å²) in [5, 5.41) is 9.93. The molecule has 0 aliphatic carbocycles. The van der Waals surface area contributed by atoms with E-state index in [9.17, 15) is 19.6 Å². The molecule has 22 heavy (non-hydrogen) atoms. The molecule has 1 aromatic rings. The van der Waals surface area contributed by atoms with Gasteiger partial charge in [-0.1, -0.05) is 5.17 Å². The van der Waals surface area contributed by atoms with Crippen LogP contribution in [0.15, 0.2) is 24.3 Å². The van der Waals surface area contributed by atoms with Gasteiger partial charge in [-0.3, -0.25) is 19.3 Å². The number of amides is 3. The second-order valence-electron chi connectivity index (χ2n) is 5.76. The Balaban J connectivity index is 2.05. The lowest BCUT2D eigenvalue weighted by Gasteiger charge is -2.24. The van der Waals surface area contributed by atoms with Crippen LogP contribution in [0.2, 0.25) is 0 Å². The van der Waals surface area contributed by atoms with Gasteiger partial charge >= 0.3 is 6.09 Å². The third-order valence-corrected chi connectivity index (χ3v) is 3.19. The maximum Gasteiger partial charge on any atom is 0.460 e. The molecule has 0 radical (unpaired) electrons. The smallest absolute Gasteiger partial charge is 0.407 e. The zero-order valence-corrected chi connectivity index (χ0v) is 12.6. The van der Waals surface area contributed by atoms with Crippen molar-refractivity contribution in [3.8, 4) is 5.75 Å². The summed E-state index contributed by atoms with van der Waals surface area (Å²) < 4.78 is 5.53. The van der Waals surface area contributed by atoms with Crippen molar-refractivity contribution < 1.29 is 24.3 Å². The maximum absolute atomic E-state index is 11.8. The highest BCUT2D eigenvalue weighted by molar-refractivity contribution is 6.02. The van der Waals surface area contributed by atoms with Crippen LogP contribution >= 0.6 is 0 Å². The highest BCUT2D eigenvalue weighted by atomic mass is 16.7. The van der Waals surface area contributed by atoms with Crippen molar-refractivity contribution in [2.24, 2.45) is 0 Å². The first-order valence-electron chi connectivity index (χ1n) is 6.69. The Kier molecular flexibility index (Phi) is 4.16. The van der Waals surface area contributed by atoms with Gasteiger partial charge in [0.15, 0.2) is 0 Å². The average Bonchev–Trinajstić information content (AvgIpc) is 2.77. The number of rotatable bonds is 3. The van der Waals surface area contributed by atoms with Gasteiger partial charge in [-0.15, -0.1) is 0 Å². The van der Waals surface area contributed by atoms with E-state index in [2.05, 4.69) is 0 Å². The average molecular weight is 308 g/mol. The molecule has 3 amide bonds. The lowest BCUT2D eigenvalue weighted by Crippen LogP contribution is -2.48. The van der Waals surface area contributed by atoms with Crippen LogP contribution in [0.1, 0.15) is 12.8 Å². The minimum atomic E-state index is -1.22. The van der Waals surface area contributed by atoms with Gasteiger partial charge in [0.25, 0.3) is 11.8 Å². The molecule has 1 aliphatic rings. The zero-order chi connectivity index (χ0) is 16.5. The number of ether oxygens (including phenoxy) is 1. The van der Waals surface area contributed by atoms with Crippen LogP contribution in [-0.4, -0.2) is 54.4 Å². The molecule has 0 unspecified atom stereocenters.